The normalized spacial score (nSPS) is 18.6. The number of amides is 1. The van der Waals surface area contributed by atoms with Crippen molar-refractivity contribution in [3.05, 3.63) is 76.0 Å². The number of benzene rings is 2. The van der Waals surface area contributed by atoms with E-state index in [1.54, 1.807) is 11.0 Å². The second-order valence-corrected chi connectivity index (χ2v) is 8.71. The molecular formula is C24H24N2O3S. The van der Waals surface area contributed by atoms with Crippen LogP contribution in [0.3, 0.4) is 0 Å². The van der Waals surface area contributed by atoms with Gasteiger partial charge in [0, 0.05) is 17.0 Å². The summed E-state index contributed by atoms with van der Waals surface area (Å²) in [6.45, 7) is 1.27. The Morgan fingerprint density at radius 2 is 1.83 bits per heavy atom. The van der Waals surface area contributed by atoms with Crippen molar-refractivity contribution in [2.45, 2.75) is 12.5 Å². The SMILES string of the molecule is CN(C)CCCN1C(=O)C(=O)/C(=C(\O)c2ccc3ccccc3c2)C1c1cccs1. The number of carbonyl (C=O) groups excluding carboxylic acids is 2. The molecule has 6 heteroatoms. The predicted octanol–water partition coefficient (Wildman–Crippen LogP) is 4.27. The van der Waals surface area contributed by atoms with Crippen LogP contribution in [0.2, 0.25) is 0 Å². The van der Waals surface area contributed by atoms with Gasteiger partial charge in [-0.1, -0.05) is 42.5 Å². The fraction of sp³-hybridized carbons (Fsp3) is 0.250. The van der Waals surface area contributed by atoms with Crippen LogP contribution in [0, 0.1) is 0 Å². The number of fused-ring (bicyclic) bond motifs is 1. The summed E-state index contributed by atoms with van der Waals surface area (Å²) in [7, 11) is 3.95. The van der Waals surface area contributed by atoms with Gasteiger partial charge in [0.1, 0.15) is 5.76 Å². The minimum atomic E-state index is -0.621. The van der Waals surface area contributed by atoms with E-state index in [1.165, 1.54) is 11.3 Å². The first-order chi connectivity index (χ1) is 14.5. The van der Waals surface area contributed by atoms with E-state index in [1.807, 2.05) is 72.9 Å². The number of nitrogens with zero attached hydrogens (tertiary/aromatic N) is 2. The first-order valence-corrected chi connectivity index (χ1v) is 10.8. The van der Waals surface area contributed by atoms with Crippen LogP contribution < -0.4 is 0 Å². The van der Waals surface area contributed by atoms with Gasteiger partial charge in [-0.25, -0.2) is 0 Å². The van der Waals surface area contributed by atoms with Crippen LogP contribution in [0.1, 0.15) is 22.9 Å². The maximum atomic E-state index is 13.0. The molecule has 1 saturated heterocycles. The number of Topliss-reactive ketones (excluding diaryl/α,β-unsaturated/α-hetero) is 1. The minimum absolute atomic E-state index is 0.118. The number of aliphatic hydroxyl groups excluding tert-OH is 1. The Morgan fingerprint density at radius 1 is 1.07 bits per heavy atom. The van der Waals surface area contributed by atoms with Crippen LogP contribution in [0.25, 0.3) is 16.5 Å². The largest absolute Gasteiger partial charge is 0.507 e. The molecular weight excluding hydrogens is 396 g/mol. The van der Waals surface area contributed by atoms with Gasteiger partial charge >= 0.3 is 0 Å². The molecule has 0 spiro atoms. The van der Waals surface area contributed by atoms with Crippen molar-refractivity contribution in [3.63, 3.8) is 0 Å². The summed E-state index contributed by atoms with van der Waals surface area (Å²) in [6, 6.07) is 16.7. The Bertz CT molecular complexity index is 1120. The Labute approximate surface area is 179 Å². The fourth-order valence-corrected chi connectivity index (χ4v) is 4.75. The summed E-state index contributed by atoms with van der Waals surface area (Å²) in [5, 5.41) is 15.1. The summed E-state index contributed by atoms with van der Waals surface area (Å²) in [4.78, 5) is 30.4. The van der Waals surface area contributed by atoms with Crippen LogP contribution in [0.5, 0.6) is 0 Å². The first kappa shape index (κ1) is 20.3. The molecule has 0 radical (unpaired) electrons. The van der Waals surface area contributed by atoms with E-state index in [0.717, 1.165) is 28.6 Å². The van der Waals surface area contributed by atoms with E-state index in [2.05, 4.69) is 0 Å². The lowest BCUT2D eigenvalue weighted by Gasteiger charge is -2.24. The zero-order chi connectivity index (χ0) is 21.3. The number of thiophene rings is 1. The molecule has 0 bridgehead atoms. The summed E-state index contributed by atoms with van der Waals surface area (Å²) in [6.07, 6.45) is 0.748. The number of hydrogen-bond acceptors (Lipinski definition) is 5. The number of hydrogen-bond donors (Lipinski definition) is 1. The molecule has 5 nitrogen and oxygen atoms in total. The van der Waals surface area contributed by atoms with Crippen molar-refractivity contribution in [2.75, 3.05) is 27.2 Å². The van der Waals surface area contributed by atoms with E-state index in [-0.39, 0.29) is 11.3 Å². The van der Waals surface area contributed by atoms with Crippen molar-refractivity contribution >= 4 is 39.6 Å². The highest BCUT2D eigenvalue weighted by Gasteiger charge is 2.46. The van der Waals surface area contributed by atoms with Crippen molar-refractivity contribution in [2.24, 2.45) is 0 Å². The van der Waals surface area contributed by atoms with Gasteiger partial charge in [0.2, 0.25) is 0 Å². The standard InChI is InChI=1S/C24H24N2O3S/c1-25(2)12-6-13-26-21(19-9-5-14-30-19)20(23(28)24(26)29)22(27)18-11-10-16-7-3-4-8-17(16)15-18/h3-5,7-11,14-15,21,27H,6,12-13H2,1-2H3/b22-20-. The lowest BCUT2D eigenvalue weighted by Crippen LogP contribution is -2.32. The number of rotatable bonds is 6. The highest BCUT2D eigenvalue weighted by atomic mass is 32.1. The maximum absolute atomic E-state index is 13.0. The molecule has 1 aliphatic rings. The molecule has 30 heavy (non-hydrogen) atoms. The van der Waals surface area contributed by atoms with Crippen LogP contribution >= 0.6 is 11.3 Å². The fourth-order valence-electron chi connectivity index (χ4n) is 3.90. The topological polar surface area (TPSA) is 60.9 Å². The molecule has 3 aromatic rings. The zero-order valence-corrected chi connectivity index (χ0v) is 17.9. The number of likely N-dealkylation sites (tertiary alicyclic amines) is 1. The molecule has 0 saturated carbocycles. The second kappa shape index (κ2) is 8.42. The van der Waals surface area contributed by atoms with Gasteiger partial charge in [0.05, 0.1) is 11.6 Å². The van der Waals surface area contributed by atoms with E-state index in [9.17, 15) is 14.7 Å². The van der Waals surface area contributed by atoms with Gasteiger partial charge in [-0.3, -0.25) is 9.59 Å². The van der Waals surface area contributed by atoms with Crippen LogP contribution in [0.4, 0.5) is 0 Å². The Balaban J connectivity index is 1.78. The average molecular weight is 421 g/mol. The lowest BCUT2D eigenvalue weighted by molar-refractivity contribution is -0.139. The minimum Gasteiger partial charge on any atom is -0.507 e. The zero-order valence-electron chi connectivity index (χ0n) is 17.0. The molecule has 0 aliphatic carbocycles. The second-order valence-electron chi connectivity index (χ2n) is 7.73. The third kappa shape index (κ3) is 3.76. The summed E-state index contributed by atoms with van der Waals surface area (Å²) in [5.74, 6) is -1.29. The molecule has 1 fully saturated rings. The van der Waals surface area contributed by atoms with Crippen LogP contribution in [-0.4, -0.2) is 53.8 Å². The Kier molecular flexibility index (Phi) is 5.70. The van der Waals surface area contributed by atoms with Gasteiger partial charge in [0.15, 0.2) is 0 Å². The van der Waals surface area contributed by atoms with Crippen molar-refractivity contribution in [3.8, 4) is 0 Å². The average Bonchev–Trinajstić information content (AvgIpc) is 3.35. The van der Waals surface area contributed by atoms with Crippen LogP contribution in [0.15, 0.2) is 65.6 Å². The van der Waals surface area contributed by atoms with Gasteiger partial charge in [-0.05, 0) is 55.3 Å². The monoisotopic (exact) mass is 420 g/mol. The molecule has 1 atom stereocenters. The Hall–Kier alpha value is -2.96. The van der Waals surface area contributed by atoms with Gasteiger partial charge in [-0.15, -0.1) is 11.3 Å². The molecule has 1 N–H and O–H groups in total. The van der Waals surface area contributed by atoms with Crippen molar-refractivity contribution in [1.82, 2.24) is 9.80 Å². The third-order valence-electron chi connectivity index (χ3n) is 5.38. The van der Waals surface area contributed by atoms with E-state index in [0.29, 0.717) is 12.1 Å². The van der Waals surface area contributed by atoms with Gasteiger partial charge < -0.3 is 14.9 Å². The van der Waals surface area contributed by atoms with Crippen molar-refractivity contribution in [1.29, 1.82) is 0 Å². The highest BCUT2D eigenvalue weighted by molar-refractivity contribution is 7.10. The lowest BCUT2D eigenvalue weighted by atomic mass is 9.98. The predicted molar refractivity (Wildman–Crippen MR) is 120 cm³/mol. The van der Waals surface area contributed by atoms with Gasteiger partial charge in [-0.2, -0.15) is 0 Å². The molecule has 2 aromatic carbocycles. The highest BCUT2D eigenvalue weighted by Crippen LogP contribution is 2.41. The van der Waals surface area contributed by atoms with Crippen LogP contribution in [-0.2, 0) is 9.59 Å². The summed E-state index contributed by atoms with van der Waals surface area (Å²) < 4.78 is 0. The number of carbonyl (C=O) groups is 2. The number of aliphatic hydroxyl groups is 1. The summed E-state index contributed by atoms with van der Waals surface area (Å²) >= 11 is 1.48. The third-order valence-corrected chi connectivity index (χ3v) is 6.30. The van der Waals surface area contributed by atoms with Gasteiger partial charge in [0.25, 0.3) is 11.7 Å². The molecule has 1 unspecified atom stereocenters. The smallest absolute Gasteiger partial charge is 0.295 e. The van der Waals surface area contributed by atoms with E-state index < -0.39 is 17.7 Å². The molecule has 4 rings (SSSR count). The molecule has 1 aromatic heterocycles. The Morgan fingerprint density at radius 3 is 2.53 bits per heavy atom. The summed E-state index contributed by atoms with van der Waals surface area (Å²) in [5.41, 5.74) is 0.712. The first-order valence-electron chi connectivity index (χ1n) is 9.93. The maximum Gasteiger partial charge on any atom is 0.295 e. The van der Waals surface area contributed by atoms with Crippen molar-refractivity contribution < 1.29 is 14.7 Å². The molecule has 2 heterocycles. The van der Waals surface area contributed by atoms with E-state index in [4.69, 9.17) is 0 Å². The molecule has 1 aliphatic heterocycles. The molecule has 154 valence electrons. The molecule has 1 amide bonds. The quantitative estimate of drug-likeness (QED) is 0.367. The van der Waals surface area contributed by atoms with E-state index >= 15 is 0 Å². The number of ketones is 1.